The number of hydrogen-bond acceptors (Lipinski definition) is 5. The number of amides is 1. The summed E-state index contributed by atoms with van der Waals surface area (Å²) < 4.78 is 5.29. The van der Waals surface area contributed by atoms with Crippen molar-refractivity contribution in [3.05, 3.63) is 22.8 Å². The Labute approximate surface area is 123 Å². The molecule has 0 saturated carbocycles. The van der Waals surface area contributed by atoms with E-state index in [0.29, 0.717) is 10.6 Å². The van der Waals surface area contributed by atoms with Crippen LogP contribution in [-0.4, -0.2) is 54.7 Å². The van der Waals surface area contributed by atoms with Gasteiger partial charge in [0.05, 0.1) is 23.8 Å². The minimum absolute atomic E-state index is 0.0195. The average molecular weight is 299 g/mol. The van der Waals surface area contributed by atoms with E-state index in [1.165, 1.54) is 12.3 Å². The van der Waals surface area contributed by atoms with Gasteiger partial charge in [-0.25, -0.2) is 4.98 Å². The molecular weight excluding hydrogens is 280 g/mol. The number of hydrogen-bond donors (Lipinski definition) is 2. The smallest absolute Gasteiger partial charge is 0.253 e. The zero-order valence-corrected chi connectivity index (χ0v) is 12.2. The fourth-order valence-electron chi connectivity index (χ4n) is 2.15. The molecule has 1 amide bonds. The van der Waals surface area contributed by atoms with Gasteiger partial charge in [0, 0.05) is 31.9 Å². The average Bonchev–Trinajstić information content (AvgIpc) is 2.42. The first-order valence-corrected chi connectivity index (χ1v) is 6.96. The molecule has 1 aliphatic heterocycles. The van der Waals surface area contributed by atoms with Gasteiger partial charge in [0.1, 0.15) is 5.82 Å². The number of carbonyl (C=O) groups is 1. The number of ether oxygens (including phenoxy) is 1. The lowest BCUT2D eigenvalue weighted by atomic mass is 10.2. The van der Waals surface area contributed by atoms with Crippen LogP contribution in [-0.2, 0) is 4.74 Å². The van der Waals surface area contributed by atoms with E-state index in [1.54, 1.807) is 0 Å². The molecule has 2 rings (SSSR count). The molecule has 7 heteroatoms. The van der Waals surface area contributed by atoms with Crippen LogP contribution >= 0.6 is 11.6 Å². The van der Waals surface area contributed by atoms with Crippen molar-refractivity contribution in [2.45, 2.75) is 13.0 Å². The number of pyridine rings is 1. The summed E-state index contributed by atoms with van der Waals surface area (Å²) in [6.45, 7) is 6.02. The zero-order chi connectivity index (χ0) is 14.5. The van der Waals surface area contributed by atoms with E-state index in [1.807, 2.05) is 6.92 Å². The Hall–Kier alpha value is -1.37. The molecule has 6 nitrogen and oxygen atoms in total. The van der Waals surface area contributed by atoms with Crippen molar-refractivity contribution in [1.29, 1.82) is 0 Å². The van der Waals surface area contributed by atoms with Crippen LogP contribution in [0.4, 0.5) is 5.82 Å². The van der Waals surface area contributed by atoms with Crippen LogP contribution in [0.25, 0.3) is 0 Å². The number of nitrogen functional groups attached to an aromatic ring is 1. The molecule has 0 aromatic carbocycles. The summed E-state index contributed by atoms with van der Waals surface area (Å²) in [6, 6.07) is 1.50. The van der Waals surface area contributed by atoms with Crippen molar-refractivity contribution < 1.29 is 9.53 Å². The van der Waals surface area contributed by atoms with E-state index in [0.717, 1.165) is 32.8 Å². The topological polar surface area (TPSA) is 80.5 Å². The van der Waals surface area contributed by atoms with Gasteiger partial charge in [-0.1, -0.05) is 11.6 Å². The molecule has 0 radical (unpaired) electrons. The number of rotatable bonds is 4. The van der Waals surface area contributed by atoms with E-state index in [-0.39, 0.29) is 17.8 Å². The highest BCUT2D eigenvalue weighted by Crippen LogP contribution is 2.16. The first kappa shape index (κ1) is 15.0. The Kier molecular flexibility index (Phi) is 5.17. The Morgan fingerprint density at radius 3 is 3.00 bits per heavy atom. The van der Waals surface area contributed by atoms with Gasteiger partial charge < -0.3 is 15.8 Å². The first-order chi connectivity index (χ1) is 9.56. The lowest BCUT2D eigenvalue weighted by molar-refractivity contribution is 0.0342. The third-order valence-electron chi connectivity index (χ3n) is 3.13. The number of nitrogens with two attached hydrogens (primary N) is 1. The quantitative estimate of drug-likeness (QED) is 0.858. The molecule has 1 saturated heterocycles. The lowest BCUT2D eigenvalue weighted by Gasteiger charge is -2.29. The monoisotopic (exact) mass is 298 g/mol. The molecule has 2 heterocycles. The van der Waals surface area contributed by atoms with Crippen LogP contribution in [0, 0.1) is 0 Å². The second-order valence-corrected chi connectivity index (χ2v) is 5.28. The number of aromatic nitrogens is 1. The van der Waals surface area contributed by atoms with Gasteiger partial charge in [-0.15, -0.1) is 0 Å². The predicted octanol–water partition coefficient (Wildman–Crippen LogP) is 0.768. The Balaban J connectivity index is 1.91. The number of halogens is 1. The van der Waals surface area contributed by atoms with Gasteiger partial charge in [0.2, 0.25) is 0 Å². The molecule has 110 valence electrons. The summed E-state index contributed by atoms with van der Waals surface area (Å²) in [6.07, 6.45) is 1.39. The summed E-state index contributed by atoms with van der Waals surface area (Å²) in [4.78, 5) is 18.2. The highest BCUT2D eigenvalue weighted by molar-refractivity contribution is 6.33. The molecule has 1 unspecified atom stereocenters. The minimum Gasteiger partial charge on any atom is -0.384 e. The van der Waals surface area contributed by atoms with Gasteiger partial charge in [0.15, 0.2) is 0 Å². The van der Waals surface area contributed by atoms with Crippen LogP contribution in [0.15, 0.2) is 12.3 Å². The molecule has 20 heavy (non-hydrogen) atoms. The number of nitrogens with zero attached hydrogens (tertiary/aromatic N) is 2. The molecule has 1 atom stereocenters. The summed E-state index contributed by atoms with van der Waals surface area (Å²) in [5, 5.41) is 3.22. The lowest BCUT2D eigenvalue weighted by Crippen LogP contribution is -2.46. The van der Waals surface area contributed by atoms with Crippen molar-refractivity contribution in [3.63, 3.8) is 0 Å². The highest BCUT2D eigenvalue weighted by Gasteiger charge is 2.17. The summed E-state index contributed by atoms with van der Waals surface area (Å²) in [7, 11) is 0. The van der Waals surface area contributed by atoms with Crippen molar-refractivity contribution in [2.75, 3.05) is 38.6 Å². The van der Waals surface area contributed by atoms with Crippen LogP contribution < -0.4 is 11.1 Å². The van der Waals surface area contributed by atoms with E-state index >= 15 is 0 Å². The number of anilines is 1. The molecule has 0 bridgehead atoms. The van der Waals surface area contributed by atoms with E-state index < -0.39 is 0 Å². The number of morpholine rings is 1. The number of nitrogens with one attached hydrogen (secondary N) is 1. The fourth-order valence-corrected chi connectivity index (χ4v) is 2.34. The standard InChI is InChI=1S/C13H19ClN4O2/c1-9(8-18-2-4-20-5-3-18)17-13(19)10-6-12(15)16-7-11(10)14/h6-7,9H,2-5,8H2,1H3,(H2,15,16)(H,17,19). The maximum Gasteiger partial charge on any atom is 0.253 e. The molecule has 1 fully saturated rings. The van der Waals surface area contributed by atoms with Gasteiger partial charge >= 0.3 is 0 Å². The van der Waals surface area contributed by atoms with Crippen LogP contribution in [0.3, 0.4) is 0 Å². The maximum atomic E-state index is 12.1. The maximum absolute atomic E-state index is 12.1. The predicted molar refractivity (Wildman–Crippen MR) is 77.8 cm³/mol. The minimum atomic E-state index is -0.232. The molecular formula is C13H19ClN4O2. The second-order valence-electron chi connectivity index (χ2n) is 4.88. The van der Waals surface area contributed by atoms with E-state index in [2.05, 4.69) is 15.2 Å². The third-order valence-corrected chi connectivity index (χ3v) is 3.44. The van der Waals surface area contributed by atoms with Gasteiger partial charge in [-0.3, -0.25) is 9.69 Å². The summed E-state index contributed by atoms with van der Waals surface area (Å²) in [5.41, 5.74) is 5.93. The molecule has 1 aliphatic rings. The van der Waals surface area contributed by atoms with Gasteiger partial charge in [-0.05, 0) is 13.0 Å². The molecule has 0 aliphatic carbocycles. The van der Waals surface area contributed by atoms with Crippen molar-refractivity contribution in [1.82, 2.24) is 15.2 Å². The molecule has 0 spiro atoms. The van der Waals surface area contributed by atoms with Gasteiger partial charge in [0.25, 0.3) is 5.91 Å². The summed E-state index contributed by atoms with van der Waals surface area (Å²) in [5.74, 6) is 0.0465. The van der Waals surface area contributed by atoms with Crippen molar-refractivity contribution >= 4 is 23.3 Å². The highest BCUT2D eigenvalue weighted by atomic mass is 35.5. The zero-order valence-electron chi connectivity index (χ0n) is 11.4. The van der Waals surface area contributed by atoms with Crippen LogP contribution in [0.2, 0.25) is 5.02 Å². The van der Waals surface area contributed by atoms with Crippen LogP contribution in [0.5, 0.6) is 0 Å². The fraction of sp³-hybridized carbons (Fsp3) is 0.538. The second kappa shape index (κ2) is 6.88. The Morgan fingerprint density at radius 1 is 1.60 bits per heavy atom. The third kappa shape index (κ3) is 4.06. The van der Waals surface area contributed by atoms with Crippen LogP contribution in [0.1, 0.15) is 17.3 Å². The molecule has 1 aromatic heterocycles. The van der Waals surface area contributed by atoms with Crippen molar-refractivity contribution in [3.8, 4) is 0 Å². The SMILES string of the molecule is CC(CN1CCOCC1)NC(=O)c1cc(N)ncc1Cl. The van der Waals surface area contributed by atoms with Crippen molar-refractivity contribution in [2.24, 2.45) is 0 Å². The van der Waals surface area contributed by atoms with E-state index in [4.69, 9.17) is 22.1 Å². The summed E-state index contributed by atoms with van der Waals surface area (Å²) >= 11 is 5.96. The Morgan fingerprint density at radius 2 is 2.30 bits per heavy atom. The van der Waals surface area contributed by atoms with E-state index in [9.17, 15) is 4.79 Å². The molecule has 1 aromatic rings. The number of carbonyl (C=O) groups excluding carboxylic acids is 1. The largest absolute Gasteiger partial charge is 0.384 e. The Bertz CT molecular complexity index is 477. The van der Waals surface area contributed by atoms with Gasteiger partial charge in [-0.2, -0.15) is 0 Å². The first-order valence-electron chi connectivity index (χ1n) is 6.58. The normalized spacial score (nSPS) is 17.7. The molecule has 3 N–H and O–H groups in total.